The third-order valence-corrected chi connectivity index (χ3v) is 8.30. The zero-order chi connectivity index (χ0) is 22.4. The second-order valence-electron chi connectivity index (χ2n) is 10.1. The minimum Gasteiger partial charge on any atom is -0.377 e. The van der Waals surface area contributed by atoms with Crippen LogP contribution >= 0.6 is 0 Å². The third-order valence-electron chi connectivity index (χ3n) is 8.30. The third kappa shape index (κ3) is 3.34. The van der Waals surface area contributed by atoms with Crippen LogP contribution in [-0.4, -0.2) is 17.9 Å². The maximum atomic E-state index is 13.9. The summed E-state index contributed by atoms with van der Waals surface area (Å²) in [5, 5.41) is 3.68. The molecule has 2 aliphatic carbocycles. The van der Waals surface area contributed by atoms with Crippen molar-refractivity contribution in [1.82, 2.24) is 0 Å². The summed E-state index contributed by atoms with van der Waals surface area (Å²) >= 11 is 0. The van der Waals surface area contributed by atoms with Gasteiger partial charge < -0.3 is 5.32 Å². The van der Waals surface area contributed by atoms with Crippen molar-refractivity contribution in [2.24, 2.45) is 17.8 Å². The van der Waals surface area contributed by atoms with Crippen LogP contribution in [0.1, 0.15) is 63.4 Å². The van der Waals surface area contributed by atoms with Crippen LogP contribution in [0, 0.1) is 17.8 Å². The van der Waals surface area contributed by atoms with Gasteiger partial charge in [-0.25, -0.2) is 4.90 Å². The molecule has 4 heteroatoms. The van der Waals surface area contributed by atoms with Crippen molar-refractivity contribution in [3.8, 4) is 0 Å². The summed E-state index contributed by atoms with van der Waals surface area (Å²) in [6.07, 6.45) is 10.7. The van der Waals surface area contributed by atoms with E-state index in [1.807, 2.05) is 30.3 Å². The van der Waals surface area contributed by atoms with Crippen LogP contribution in [0.4, 0.5) is 11.4 Å². The number of anilines is 2. The van der Waals surface area contributed by atoms with Crippen molar-refractivity contribution in [3.05, 3.63) is 65.7 Å². The van der Waals surface area contributed by atoms with E-state index < -0.39 is 0 Å². The van der Waals surface area contributed by atoms with Crippen LogP contribution in [0.2, 0.25) is 0 Å². The standard InChI is InChI=1S/C29H32N2O2/c32-28-25-21-16-10-5-3-1-2-4-9-15-20(21)24-22-17-11-12-18-23(22)30-27(24)26(25)29(33)31(28)19-13-7-6-8-14-19/h6-8,11-14,17-18,21,25-27,30H,1-5,9-10,15-16H2/t21-,25-,26-,27?/m1/s1. The van der Waals surface area contributed by atoms with Crippen molar-refractivity contribution < 1.29 is 9.59 Å². The molecule has 0 spiro atoms. The Morgan fingerprint density at radius 3 is 2.21 bits per heavy atom. The Balaban J connectivity index is 1.49. The molecule has 2 heterocycles. The number of hydrogen-bond donors (Lipinski definition) is 1. The number of rotatable bonds is 1. The summed E-state index contributed by atoms with van der Waals surface area (Å²) in [6, 6.07) is 17.9. The van der Waals surface area contributed by atoms with Crippen LogP contribution in [0.5, 0.6) is 0 Å². The summed E-state index contributed by atoms with van der Waals surface area (Å²) in [6.45, 7) is 0. The summed E-state index contributed by atoms with van der Waals surface area (Å²) in [5.41, 5.74) is 5.84. The highest BCUT2D eigenvalue weighted by atomic mass is 16.2. The average Bonchev–Trinajstić information content (AvgIpc) is 3.32. The molecule has 0 radical (unpaired) electrons. The Morgan fingerprint density at radius 2 is 1.39 bits per heavy atom. The van der Waals surface area contributed by atoms with Gasteiger partial charge in [0.2, 0.25) is 11.8 Å². The van der Waals surface area contributed by atoms with Gasteiger partial charge in [0.05, 0.1) is 23.6 Å². The van der Waals surface area contributed by atoms with Gasteiger partial charge in [-0.2, -0.15) is 0 Å². The lowest BCUT2D eigenvalue weighted by molar-refractivity contribution is -0.122. The number of para-hydroxylation sites is 2. The highest BCUT2D eigenvalue weighted by Crippen LogP contribution is 2.55. The molecule has 2 fully saturated rings. The quantitative estimate of drug-likeness (QED) is 0.538. The largest absolute Gasteiger partial charge is 0.377 e. The van der Waals surface area contributed by atoms with Crippen molar-refractivity contribution in [2.45, 2.75) is 63.8 Å². The summed E-state index contributed by atoms with van der Waals surface area (Å²) in [5.74, 6) is -0.460. The molecule has 170 valence electrons. The van der Waals surface area contributed by atoms with E-state index in [2.05, 4.69) is 29.6 Å². The summed E-state index contributed by atoms with van der Waals surface area (Å²) in [7, 11) is 0. The van der Waals surface area contributed by atoms with Crippen molar-refractivity contribution in [2.75, 3.05) is 10.2 Å². The molecule has 1 saturated carbocycles. The first-order valence-corrected chi connectivity index (χ1v) is 12.8. The highest BCUT2D eigenvalue weighted by molar-refractivity contribution is 6.23. The van der Waals surface area contributed by atoms with Gasteiger partial charge in [-0.1, -0.05) is 80.5 Å². The van der Waals surface area contributed by atoms with E-state index in [0.29, 0.717) is 5.69 Å². The van der Waals surface area contributed by atoms with Gasteiger partial charge >= 0.3 is 0 Å². The fraction of sp³-hybridized carbons (Fsp3) is 0.448. The van der Waals surface area contributed by atoms with Gasteiger partial charge in [0.15, 0.2) is 0 Å². The minimum absolute atomic E-state index is 0.00498. The monoisotopic (exact) mass is 440 g/mol. The number of carbonyl (C=O) groups is 2. The van der Waals surface area contributed by atoms with Crippen molar-refractivity contribution in [1.29, 1.82) is 0 Å². The molecule has 2 aromatic rings. The number of allylic oxidation sites excluding steroid dienone is 1. The number of nitrogens with zero attached hydrogens (tertiary/aromatic N) is 1. The maximum Gasteiger partial charge on any atom is 0.240 e. The number of hydrogen-bond acceptors (Lipinski definition) is 3. The lowest BCUT2D eigenvalue weighted by atomic mass is 9.64. The molecule has 0 aromatic heterocycles. The Labute approximate surface area is 196 Å². The molecule has 1 unspecified atom stereocenters. The van der Waals surface area contributed by atoms with E-state index in [-0.39, 0.29) is 35.6 Å². The van der Waals surface area contributed by atoms with Gasteiger partial charge in [0.1, 0.15) is 0 Å². The fourth-order valence-electron chi connectivity index (χ4n) is 6.86. The Kier molecular flexibility index (Phi) is 5.32. The topological polar surface area (TPSA) is 49.4 Å². The Hall–Kier alpha value is -2.88. The molecule has 4 aliphatic rings. The molecular formula is C29H32N2O2. The van der Waals surface area contributed by atoms with Gasteiger partial charge in [-0.3, -0.25) is 9.59 Å². The lowest BCUT2D eigenvalue weighted by Gasteiger charge is -2.38. The average molecular weight is 441 g/mol. The number of fused-ring (bicyclic) bond motifs is 7. The number of amides is 2. The lowest BCUT2D eigenvalue weighted by Crippen LogP contribution is -2.43. The van der Waals surface area contributed by atoms with Crippen LogP contribution < -0.4 is 10.2 Å². The molecule has 2 aromatic carbocycles. The van der Waals surface area contributed by atoms with Crippen molar-refractivity contribution in [3.63, 3.8) is 0 Å². The van der Waals surface area contributed by atoms with E-state index in [1.54, 1.807) is 0 Å². The minimum atomic E-state index is -0.334. The molecule has 1 N–H and O–H groups in total. The van der Waals surface area contributed by atoms with E-state index in [4.69, 9.17) is 0 Å². The molecule has 33 heavy (non-hydrogen) atoms. The van der Waals surface area contributed by atoms with E-state index in [1.165, 1.54) is 60.1 Å². The SMILES string of the molecule is O=C1[C@@H]2[C@@H]3CCCCCCCCCC3=C3c4ccccc4NC3[C@@H]2C(=O)N1c1ccccc1. The van der Waals surface area contributed by atoms with Gasteiger partial charge in [0, 0.05) is 11.3 Å². The number of imide groups is 1. The zero-order valence-electron chi connectivity index (χ0n) is 19.1. The number of benzene rings is 2. The van der Waals surface area contributed by atoms with Crippen LogP contribution in [0.15, 0.2) is 60.2 Å². The predicted octanol–water partition coefficient (Wildman–Crippen LogP) is 6.19. The normalized spacial score (nSPS) is 29.5. The first-order valence-electron chi connectivity index (χ1n) is 12.8. The molecular weight excluding hydrogens is 408 g/mol. The zero-order valence-corrected chi connectivity index (χ0v) is 19.1. The Morgan fingerprint density at radius 1 is 0.727 bits per heavy atom. The predicted molar refractivity (Wildman–Crippen MR) is 132 cm³/mol. The van der Waals surface area contributed by atoms with E-state index in [0.717, 1.165) is 24.9 Å². The fourth-order valence-corrected chi connectivity index (χ4v) is 6.86. The maximum absolute atomic E-state index is 13.9. The first-order chi connectivity index (χ1) is 16.3. The van der Waals surface area contributed by atoms with Crippen molar-refractivity contribution >= 4 is 28.8 Å². The summed E-state index contributed by atoms with van der Waals surface area (Å²) < 4.78 is 0. The molecule has 1 saturated heterocycles. The molecule has 0 bridgehead atoms. The number of nitrogens with one attached hydrogen (secondary N) is 1. The first kappa shape index (κ1) is 20.7. The summed E-state index contributed by atoms with van der Waals surface area (Å²) in [4.78, 5) is 29.3. The van der Waals surface area contributed by atoms with Crippen LogP contribution in [0.3, 0.4) is 0 Å². The molecule has 4 atom stereocenters. The van der Waals surface area contributed by atoms with Gasteiger partial charge in [0.25, 0.3) is 0 Å². The van der Waals surface area contributed by atoms with E-state index >= 15 is 0 Å². The van der Waals surface area contributed by atoms with E-state index in [9.17, 15) is 9.59 Å². The molecule has 6 rings (SSSR count). The van der Waals surface area contributed by atoms with Crippen LogP contribution in [-0.2, 0) is 9.59 Å². The second kappa shape index (κ2) is 8.48. The molecule has 2 amide bonds. The smallest absolute Gasteiger partial charge is 0.240 e. The molecule has 4 nitrogen and oxygen atoms in total. The van der Waals surface area contributed by atoms with Gasteiger partial charge in [-0.05, 0) is 49.0 Å². The molecule has 2 aliphatic heterocycles. The van der Waals surface area contributed by atoms with Gasteiger partial charge in [-0.15, -0.1) is 0 Å². The number of carbonyl (C=O) groups excluding carboxylic acids is 2. The highest BCUT2D eigenvalue weighted by Gasteiger charge is 2.59. The van der Waals surface area contributed by atoms with Crippen LogP contribution in [0.25, 0.3) is 5.57 Å². The second-order valence-corrected chi connectivity index (χ2v) is 10.1. The Bertz CT molecular complexity index is 1110.